The van der Waals surface area contributed by atoms with Crippen molar-refractivity contribution in [3.8, 4) is 0 Å². The van der Waals surface area contributed by atoms with E-state index in [4.69, 9.17) is 33.2 Å². The molecule has 3 aromatic rings. The van der Waals surface area contributed by atoms with E-state index in [9.17, 15) is 0 Å². The highest BCUT2D eigenvalue weighted by molar-refractivity contribution is 9.10. The Balaban J connectivity index is 1.35. The SMILES string of the molecule is Clc1ccc(Cl)c(CN2CCN(c3nc4cccc(Br)c4nc3NC3CC3)CC2)c1. The largest absolute Gasteiger partial charge is 0.364 e. The summed E-state index contributed by atoms with van der Waals surface area (Å²) in [7, 11) is 0. The van der Waals surface area contributed by atoms with Crippen molar-refractivity contribution in [3.63, 3.8) is 0 Å². The van der Waals surface area contributed by atoms with Crippen LogP contribution in [0.1, 0.15) is 18.4 Å². The summed E-state index contributed by atoms with van der Waals surface area (Å²) >= 11 is 16.1. The fraction of sp³-hybridized carbons (Fsp3) is 0.364. The van der Waals surface area contributed by atoms with Gasteiger partial charge in [-0.25, -0.2) is 9.97 Å². The second-order valence-corrected chi connectivity index (χ2v) is 9.62. The minimum absolute atomic E-state index is 0.518. The van der Waals surface area contributed by atoms with Gasteiger partial charge in [-0.3, -0.25) is 4.90 Å². The second-order valence-electron chi connectivity index (χ2n) is 7.92. The number of nitrogens with one attached hydrogen (secondary N) is 1. The molecule has 0 radical (unpaired) electrons. The first-order valence-corrected chi connectivity index (χ1v) is 11.8. The summed E-state index contributed by atoms with van der Waals surface area (Å²) in [5.74, 6) is 1.84. The van der Waals surface area contributed by atoms with Gasteiger partial charge in [0.25, 0.3) is 0 Å². The zero-order valence-corrected chi connectivity index (χ0v) is 19.5. The van der Waals surface area contributed by atoms with Gasteiger partial charge >= 0.3 is 0 Å². The number of fused-ring (bicyclic) bond motifs is 1. The topological polar surface area (TPSA) is 44.3 Å². The van der Waals surface area contributed by atoms with Crippen LogP contribution < -0.4 is 10.2 Å². The van der Waals surface area contributed by atoms with Gasteiger partial charge in [-0.1, -0.05) is 29.3 Å². The summed E-state index contributed by atoms with van der Waals surface area (Å²) in [6.07, 6.45) is 2.40. The number of para-hydroxylation sites is 1. The molecule has 1 aliphatic carbocycles. The van der Waals surface area contributed by atoms with E-state index in [-0.39, 0.29) is 0 Å². The van der Waals surface area contributed by atoms with Crippen LogP contribution in [-0.4, -0.2) is 47.1 Å². The molecule has 2 aliphatic rings. The van der Waals surface area contributed by atoms with Crippen molar-refractivity contribution in [3.05, 3.63) is 56.5 Å². The molecule has 5 nitrogen and oxygen atoms in total. The molecule has 1 aliphatic heterocycles. The van der Waals surface area contributed by atoms with E-state index < -0.39 is 0 Å². The minimum atomic E-state index is 0.518. The Morgan fingerprint density at radius 1 is 1.03 bits per heavy atom. The van der Waals surface area contributed by atoms with Crippen LogP contribution in [0.4, 0.5) is 11.6 Å². The lowest BCUT2D eigenvalue weighted by molar-refractivity contribution is 0.249. The summed E-state index contributed by atoms with van der Waals surface area (Å²) in [4.78, 5) is 14.7. The number of hydrogen-bond acceptors (Lipinski definition) is 5. The van der Waals surface area contributed by atoms with Crippen LogP contribution in [-0.2, 0) is 6.54 Å². The smallest absolute Gasteiger partial charge is 0.172 e. The fourth-order valence-electron chi connectivity index (χ4n) is 3.80. The Hall–Kier alpha value is -1.60. The van der Waals surface area contributed by atoms with Crippen LogP contribution in [0.3, 0.4) is 0 Å². The normalized spacial score (nSPS) is 17.5. The van der Waals surface area contributed by atoms with Crippen molar-refractivity contribution < 1.29 is 0 Å². The number of rotatable bonds is 5. The van der Waals surface area contributed by atoms with Crippen LogP contribution in [0.25, 0.3) is 11.0 Å². The molecule has 2 fully saturated rings. The van der Waals surface area contributed by atoms with E-state index in [1.54, 1.807) is 0 Å². The number of benzene rings is 2. The molecule has 0 unspecified atom stereocenters. The molecule has 1 saturated carbocycles. The lowest BCUT2D eigenvalue weighted by Gasteiger charge is -2.36. The number of aromatic nitrogens is 2. The number of anilines is 2. The van der Waals surface area contributed by atoms with Crippen LogP contribution in [0.15, 0.2) is 40.9 Å². The summed E-state index contributed by atoms with van der Waals surface area (Å²) in [6.45, 7) is 4.46. The molecule has 2 aromatic carbocycles. The number of piperazine rings is 1. The molecular formula is C22H22BrCl2N5. The maximum atomic E-state index is 6.36. The molecule has 0 atom stereocenters. The van der Waals surface area contributed by atoms with Gasteiger partial charge in [0.05, 0.1) is 5.52 Å². The molecular weight excluding hydrogens is 485 g/mol. The van der Waals surface area contributed by atoms with Crippen LogP contribution in [0.2, 0.25) is 10.0 Å². The molecule has 1 N–H and O–H groups in total. The number of hydrogen-bond donors (Lipinski definition) is 1. The third-order valence-corrected chi connectivity index (χ3v) is 6.86. The zero-order valence-electron chi connectivity index (χ0n) is 16.4. The van der Waals surface area contributed by atoms with Gasteiger partial charge in [-0.15, -0.1) is 0 Å². The molecule has 5 rings (SSSR count). The maximum absolute atomic E-state index is 6.36. The van der Waals surface area contributed by atoms with E-state index in [2.05, 4.69) is 31.0 Å². The van der Waals surface area contributed by atoms with Gasteiger partial charge in [0, 0.05) is 53.3 Å². The Morgan fingerprint density at radius 2 is 1.83 bits per heavy atom. The number of halogens is 3. The van der Waals surface area contributed by atoms with Gasteiger partial charge in [0.1, 0.15) is 5.52 Å². The van der Waals surface area contributed by atoms with Crippen molar-refractivity contribution in [2.24, 2.45) is 0 Å². The summed E-state index contributed by atoms with van der Waals surface area (Å²) < 4.78 is 0.973. The Kier molecular flexibility index (Phi) is 5.75. The molecule has 8 heteroatoms. The van der Waals surface area contributed by atoms with E-state index in [0.717, 1.165) is 75.5 Å². The molecule has 1 aromatic heterocycles. The maximum Gasteiger partial charge on any atom is 0.172 e. The molecule has 0 bridgehead atoms. The van der Waals surface area contributed by atoms with E-state index in [0.29, 0.717) is 6.04 Å². The number of nitrogens with zero attached hydrogens (tertiary/aromatic N) is 4. The fourth-order valence-corrected chi connectivity index (χ4v) is 4.61. The first kappa shape index (κ1) is 20.3. The van der Waals surface area contributed by atoms with Crippen molar-refractivity contribution in [1.82, 2.24) is 14.9 Å². The standard InChI is InChI=1S/C22H22BrCl2N5/c23-17-2-1-3-19-20(17)28-21(26-16-5-6-16)22(27-19)30-10-8-29(9-11-30)13-14-12-15(24)4-7-18(14)25/h1-4,7,12,16H,5-6,8-11,13H2,(H,26,28). The van der Waals surface area contributed by atoms with Gasteiger partial charge in [-0.05, 0) is 64.7 Å². The molecule has 0 spiro atoms. The summed E-state index contributed by atoms with van der Waals surface area (Å²) in [6, 6.07) is 12.2. The third kappa shape index (κ3) is 4.37. The van der Waals surface area contributed by atoms with Crippen LogP contribution >= 0.6 is 39.1 Å². The van der Waals surface area contributed by atoms with Gasteiger partial charge in [0.2, 0.25) is 0 Å². The highest BCUT2D eigenvalue weighted by Gasteiger charge is 2.27. The zero-order chi connectivity index (χ0) is 20.7. The minimum Gasteiger partial charge on any atom is -0.364 e. The molecule has 2 heterocycles. The van der Waals surface area contributed by atoms with Gasteiger partial charge in [0.15, 0.2) is 11.6 Å². The Morgan fingerprint density at radius 3 is 2.60 bits per heavy atom. The third-order valence-electron chi connectivity index (χ3n) is 5.62. The van der Waals surface area contributed by atoms with Crippen molar-refractivity contribution in [2.75, 3.05) is 36.4 Å². The highest BCUT2D eigenvalue weighted by Crippen LogP contribution is 2.33. The van der Waals surface area contributed by atoms with E-state index >= 15 is 0 Å². The second kappa shape index (κ2) is 8.50. The van der Waals surface area contributed by atoms with Gasteiger partial charge < -0.3 is 10.2 Å². The van der Waals surface area contributed by atoms with Crippen molar-refractivity contribution in [1.29, 1.82) is 0 Å². The Bertz CT molecular complexity index is 1080. The highest BCUT2D eigenvalue weighted by atomic mass is 79.9. The average Bonchev–Trinajstić information content (AvgIpc) is 3.56. The predicted octanol–water partition coefficient (Wildman–Crippen LogP) is 5.60. The molecule has 30 heavy (non-hydrogen) atoms. The quantitative estimate of drug-likeness (QED) is 0.488. The van der Waals surface area contributed by atoms with E-state index in [1.165, 1.54) is 12.8 Å². The lowest BCUT2D eigenvalue weighted by atomic mass is 10.2. The Labute approximate surface area is 194 Å². The van der Waals surface area contributed by atoms with Crippen molar-refractivity contribution >= 4 is 61.8 Å². The van der Waals surface area contributed by atoms with E-state index in [1.807, 2.05) is 36.4 Å². The molecule has 0 amide bonds. The monoisotopic (exact) mass is 505 g/mol. The van der Waals surface area contributed by atoms with Crippen molar-refractivity contribution in [2.45, 2.75) is 25.4 Å². The molecule has 1 saturated heterocycles. The summed E-state index contributed by atoms with van der Waals surface area (Å²) in [5.41, 5.74) is 2.89. The first-order chi connectivity index (χ1) is 14.6. The lowest BCUT2D eigenvalue weighted by Crippen LogP contribution is -2.46. The van der Waals surface area contributed by atoms with Crippen LogP contribution in [0.5, 0.6) is 0 Å². The predicted molar refractivity (Wildman–Crippen MR) is 128 cm³/mol. The van der Waals surface area contributed by atoms with Gasteiger partial charge in [-0.2, -0.15) is 0 Å². The summed E-state index contributed by atoms with van der Waals surface area (Å²) in [5, 5.41) is 5.07. The first-order valence-electron chi connectivity index (χ1n) is 10.2. The average molecular weight is 507 g/mol. The van der Waals surface area contributed by atoms with Crippen LogP contribution in [0, 0.1) is 0 Å². The molecule has 156 valence electrons.